The van der Waals surface area contributed by atoms with Gasteiger partial charge in [0.15, 0.2) is 0 Å². The van der Waals surface area contributed by atoms with Gasteiger partial charge in [-0.15, -0.1) is 4.33 Å². The first-order valence-corrected chi connectivity index (χ1v) is 4.08. The van der Waals surface area contributed by atoms with Crippen molar-refractivity contribution in [1.29, 1.82) is 0 Å². The molecule has 4 nitrogen and oxygen atoms in total. The van der Waals surface area contributed by atoms with Crippen LogP contribution < -0.4 is 5.32 Å². The van der Waals surface area contributed by atoms with E-state index in [0.29, 0.717) is 5.25 Å². The number of hydrogen-bond donors (Lipinski definition) is 2. The Kier molecular flexibility index (Phi) is 4.08. The predicted molar refractivity (Wildman–Crippen MR) is 38.3 cm³/mol. The Morgan fingerprint density at radius 2 is 2.10 bits per heavy atom. The summed E-state index contributed by atoms with van der Waals surface area (Å²) in [5, 5.41) is 15.0. The summed E-state index contributed by atoms with van der Waals surface area (Å²) < 4.78 is 4.32. The van der Waals surface area contributed by atoms with Gasteiger partial charge in [-0.05, 0) is 25.9 Å². The van der Waals surface area contributed by atoms with Crippen molar-refractivity contribution in [2.24, 2.45) is 0 Å². The van der Waals surface area contributed by atoms with Gasteiger partial charge in [-0.2, -0.15) is 0 Å². The zero-order valence-corrected chi connectivity index (χ0v) is 6.39. The summed E-state index contributed by atoms with van der Waals surface area (Å²) in [5.41, 5.74) is 0. The van der Waals surface area contributed by atoms with Crippen molar-refractivity contribution in [3.8, 4) is 0 Å². The lowest BCUT2D eigenvalue weighted by atomic mass is 10.2. The van der Waals surface area contributed by atoms with E-state index in [4.69, 9.17) is 5.26 Å². The monoisotopic (exact) mass is 165 g/mol. The van der Waals surface area contributed by atoms with Crippen LogP contribution in [0, 0.1) is 0 Å². The van der Waals surface area contributed by atoms with Crippen LogP contribution >= 0.6 is 12.0 Å². The molecule has 0 unspecified atom stereocenters. The highest BCUT2D eigenvalue weighted by Gasteiger charge is 2.14. The summed E-state index contributed by atoms with van der Waals surface area (Å²) in [6, 6.07) is 0. The quantitative estimate of drug-likeness (QED) is 0.368. The zero-order chi connectivity index (χ0) is 7.23. The average Bonchev–Trinajstić information content (AvgIpc) is 2.03. The molecule has 1 fully saturated rings. The van der Waals surface area contributed by atoms with E-state index in [0.717, 1.165) is 25.9 Å². The molecule has 1 heterocycles. The molecule has 0 bridgehead atoms. The van der Waals surface area contributed by atoms with Crippen LogP contribution in [0.15, 0.2) is 0 Å². The van der Waals surface area contributed by atoms with Crippen LogP contribution in [0.4, 0.5) is 0 Å². The Labute approximate surface area is 64.0 Å². The second kappa shape index (κ2) is 4.92. The molecule has 5 heteroatoms. The van der Waals surface area contributed by atoms with Gasteiger partial charge in [-0.1, -0.05) is 5.04 Å². The number of nitrogens with one attached hydrogen (secondary N) is 1. The molecule has 0 aromatic heterocycles. The van der Waals surface area contributed by atoms with Crippen molar-refractivity contribution in [2.45, 2.75) is 18.1 Å². The summed E-state index contributed by atoms with van der Waals surface area (Å²) in [6.07, 6.45) is 2.13. The van der Waals surface area contributed by atoms with Crippen LogP contribution in [-0.4, -0.2) is 23.6 Å². The molecule has 2 N–H and O–H groups in total. The molecule has 0 aromatic carbocycles. The summed E-state index contributed by atoms with van der Waals surface area (Å²) in [6.45, 7) is 2.04. The van der Waals surface area contributed by atoms with Crippen molar-refractivity contribution in [2.75, 3.05) is 13.1 Å². The van der Waals surface area contributed by atoms with Crippen LogP contribution in [-0.2, 0) is 9.37 Å². The molecule has 1 rings (SSSR count). The molecule has 1 saturated heterocycles. The predicted octanol–water partition coefficient (Wildman–Crippen LogP) is 0.808. The van der Waals surface area contributed by atoms with Crippen LogP contribution in [0.25, 0.3) is 0 Å². The molecule has 0 aromatic rings. The summed E-state index contributed by atoms with van der Waals surface area (Å²) in [5.74, 6) is 0. The maximum Gasteiger partial charge on any atom is 0.0381 e. The maximum atomic E-state index is 7.84. The van der Waals surface area contributed by atoms with E-state index in [1.807, 2.05) is 0 Å². The van der Waals surface area contributed by atoms with E-state index < -0.39 is 0 Å². The molecule has 0 amide bonds. The van der Waals surface area contributed by atoms with E-state index >= 15 is 0 Å². The lowest BCUT2D eigenvalue weighted by molar-refractivity contribution is -0.432. The minimum Gasteiger partial charge on any atom is -0.317 e. The third-order valence-electron chi connectivity index (χ3n) is 1.49. The second-order valence-corrected chi connectivity index (χ2v) is 3.18. The molecule has 0 atom stereocenters. The topological polar surface area (TPSA) is 50.7 Å². The van der Waals surface area contributed by atoms with Gasteiger partial charge in [0, 0.05) is 17.3 Å². The largest absolute Gasteiger partial charge is 0.317 e. The molecule has 1 aliphatic rings. The Hall–Kier alpha value is 0.190. The SMILES string of the molecule is OOOSC1CCNCC1. The van der Waals surface area contributed by atoms with Crippen molar-refractivity contribution < 1.29 is 14.6 Å². The Balaban J connectivity index is 2.02. The molecule has 0 aliphatic carbocycles. The van der Waals surface area contributed by atoms with Gasteiger partial charge in [-0.25, -0.2) is 5.26 Å². The van der Waals surface area contributed by atoms with E-state index in [1.165, 1.54) is 12.0 Å². The van der Waals surface area contributed by atoms with Gasteiger partial charge >= 0.3 is 0 Å². The molecule has 0 radical (unpaired) electrons. The van der Waals surface area contributed by atoms with E-state index in [9.17, 15) is 0 Å². The van der Waals surface area contributed by atoms with Gasteiger partial charge in [0.25, 0.3) is 0 Å². The highest BCUT2D eigenvalue weighted by atomic mass is 32.2. The number of rotatable bonds is 3. The lowest BCUT2D eigenvalue weighted by Gasteiger charge is -2.19. The number of piperidine rings is 1. The third kappa shape index (κ3) is 2.85. The van der Waals surface area contributed by atoms with Crippen molar-refractivity contribution in [1.82, 2.24) is 5.32 Å². The maximum absolute atomic E-state index is 7.84. The van der Waals surface area contributed by atoms with Gasteiger partial charge in [0.1, 0.15) is 0 Å². The summed E-state index contributed by atoms with van der Waals surface area (Å²) in [7, 11) is 0. The third-order valence-corrected chi connectivity index (χ3v) is 2.37. The first kappa shape index (κ1) is 8.29. The van der Waals surface area contributed by atoms with Gasteiger partial charge in [-0.3, -0.25) is 0 Å². The van der Waals surface area contributed by atoms with Crippen molar-refractivity contribution in [3.63, 3.8) is 0 Å². The first-order chi connectivity index (χ1) is 4.93. The second-order valence-electron chi connectivity index (χ2n) is 2.19. The normalized spacial score (nSPS) is 21.3. The molecule has 60 valence electrons. The molecule has 10 heavy (non-hydrogen) atoms. The molecular formula is C5H11NO3S. The standard InChI is InChI=1S/C5H11NO3S/c7-8-9-10-5-1-3-6-4-2-5/h5-7H,1-4H2. The van der Waals surface area contributed by atoms with Crippen LogP contribution in [0.5, 0.6) is 0 Å². The Bertz CT molecular complexity index is 87.0. The lowest BCUT2D eigenvalue weighted by Crippen LogP contribution is -2.29. The fourth-order valence-corrected chi connectivity index (χ4v) is 1.54. The van der Waals surface area contributed by atoms with Crippen molar-refractivity contribution >= 4 is 12.0 Å². The van der Waals surface area contributed by atoms with Gasteiger partial charge < -0.3 is 5.32 Å². The van der Waals surface area contributed by atoms with Crippen molar-refractivity contribution in [3.05, 3.63) is 0 Å². The average molecular weight is 165 g/mol. The fraction of sp³-hybridized carbons (Fsp3) is 1.00. The smallest absolute Gasteiger partial charge is 0.0381 e. The van der Waals surface area contributed by atoms with Crippen LogP contribution in [0.1, 0.15) is 12.8 Å². The molecule has 0 saturated carbocycles. The van der Waals surface area contributed by atoms with E-state index in [2.05, 4.69) is 14.7 Å². The zero-order valence-electron chi connectivity index (χ0n) is 5.58. The highest BCUT2D eigenvalue weighted by Crippen LogP contribution is 2.20. The van der Waals surface area contributed by atoms with E-state index in [1.54, 1.807) is 0 Å². The molecular weight excluding hydrogens is 154 g/mol. The van der Waals surface area contributed by atoms with Crippen LogP contribution in [0.3, 0.4) is 0 Å². The Morgan fingerprint density at radius 3 is 2.70 bits per heavy atom. The number of hydrogen-bond acceptors (Lipinski definition) is 5. The minimum absolute atomic E-state index is 0.452. The Morgan fingerprint density at radius 1 is 1.40 bits per heavy atom. The fourth-order valence-electron chi connectivity index (χ4n) is 0.965. The molecule has 0 spiro atoms. The van der Waals surface area contributed by atoms with E-state index in [-0.39, 0.29) is 0 Å². The van der Waals surface area contributed by atoms with Gasteiger partial charge in [0.2, 0.25) is 0 Å². The summed E-state index contributed by atoms with van der Waals surface area (Å²) >= 11 is 1.19. The minimum atomic E-state index is 0.452. The van der Waals surface area contributed by atoms with Crippen LogP contribution in [0.2, 0.25) is 0 Å². The first-order valence-electron chi connectivity index (χ1n) is 3.28. The highest BCUT2D eigenvalue weighted by molar-refractivity contribution is 7.95. The molecule has 1 aliphatic heterocycles. The van der Waals surface area contributed by atoms with Gasteiger partial charge in [0.05, 0.1) is 0 Å². The summed E-state index contributed by atoms with van der Waals surface area (Å²) in [4.78, 5) is 0.